The van der Waals surface area contributed by atoms with E-state index in [1.54, 1.807) is 19.3 Å². The number of piperidine rings is 1. The molecule has 3 aromatic heterocycles. The second-order valence-electron chi connectivity index (χ2n) is 7.56. The molecule has 0 unspecified atom stereocenters. The van der Waals surface area contributed by atoms with Gasteiger partial charge in [-0.25, -0.2) is 18.9 Å². The Labute approximate surface area is 171 Å². The largest absolute Gasteiger partial charge is 0.488 e. The molecule has 0 bridgehead atoms. The summed E-state index contributed by atoms with van der Waals surface area (Å²) in [5.41, 5.74) is 1.52. The number of ether oxygens (including phenoxy) is 1. The lowest BCUT2D eigenvalue weighted by molar-refractivity contribution is 0.0635. The van der Waals surface area contributed by atoms with Crippen molar-refractivity contribution in [3.05, 3.63) is 46.6 Å². The third kappa shape index (κ3) is 3.08. The van der Waals surface area contributed by atoms with Gasteiger partial charge in [0.15, 0.2) is 17.2 Å². The van der Waals surface area contributed by atoms with Crippen LogP contribution in [0.4, 0.5) is 15.9 Å². The summed E-state index contributed by atoms with van der Waals surface area (Å²) in [6, 6.07) is 5.30. The normalized spacial score (nSPS) is 18.9. The molecule has 0 aliphatic carbocycles. The van der Waals surface area contributed by atoms with Crippen LogP contribution in [0.2, 0.25) is 0 Å². The Hall–Kier alpha value is -3.43. The highest BCUT2D eigenvalue weighted by molar-refractivity contribution is 5.95. The average molecular weight is 412 g/mol. The molecular weight excluding hydrogens is 391 g/mol. The number of halogens is 1. The number of carbonyl (C=O) groups excluding carboxylic acids is 1. The van der Waals surface area contributed by atoms with Gasteiger partial charge in [0.25, 0.3) is 5.91 Å². The molecule has 5 heterocycles. The van der Waals surface area contributed by atoms with Crippen LogP contribution in [0.25, 0.3) is 5.65 Å². The van der Waals surface area contributed by atoms with Crippen LogP contribution in [0, 0.1) is 0 Å². The Morgan fingerprint density at radius 2 is 2.17 bits per heavy atom. The van der Waals surface area contributed by atoms with E-state index in [0.717, 1.165) is 5.69 Å². The highest BCUT2D eigenvalue weighted by atomic mass is 19.1. The maximum absolute atomic E-state index is 13.7. The van der Waals surface area contributed by atoms with Gasteiger partial charge in [0.2, 0.25) is 0 Å². The molecule has 3 aromatic rings. The van der Waals surface area contributed by atoms with Crippen LogP contribution in [0.1, 0.15) is 23.2 Å². The number of amides is 1. The quantitative estimate of drug-likeness (QED) is 0.635. The Morgan fingerprint density at radius 1 is 1.30 bits per heavy atom. The third-order valence-electron chi connectivity index (χ3n) is 5.52. The highest BCUT2D eigenvalue weighted by Crippen LogP contribution is 2.35. The number of likely N-dealkylation sites (tertiary alicyclic amines) is 1. The first-order valence-electron chi connectivity index (χ1n) is 9.90. The first kappa shape index (κ1) is 18.6. The fraction of sp³-hybridized carbons (Fsp3) is 0.400. The summed E-state index contributed by atoms with van der Waals surface area (Å²) in [7, 11) is 1.60. The van der Waals surface area contributed by atoms with Crippen molar-refractivity contribution in [2.75, 3.05) is 31.1 Å². The molecule has 9 nitrogen and oxygen atoms in total. The minimum Gasteiger partial charge on any atom is -0.488 e. The first-order valence-corrected chi connectivity index (χ1v) is 9.90. The van der Waals surface area contributed by atoms with E-state index >= 15 is 0 Å². The SMILES string of the molecule is Cn1nc2cc(N3CCOc4cc(C(=O)N5CCC[C@H](F)C5)cnc43)ccn2c1=O. The van der Waals surface area contributed by atoms with Gasteiger partial charge in [0, 0.05) is 37.7 Å². The predicted molar refractivity (Wildman–Crippen MR) is 107 cm³/mol. The Balaban J connectivity index is 1.46. The van der Waals surface area contributed by atoms with E-state index in [4.69, 9.17) is 4.74 Å². The van der Waals surface area contributed by atoms with E-state index in [1.165, 1.54) is 20.2 Å². The van der Waals surface area contributed by atoms with E-state index in [1.807, 2.05) is 17.0 Å². The van der Waals surface area contributed by atoms with Gasteiger partial charge in [0.05, 0.1) is 18.7 Å². The third-order valence-corrected chi connectivity index (χ3v) is 5.52. The summed E-state index contributed by atoms with van der Waals surface area (Å²) >= 11 is 0. The van der Waals surface area contributed by atoms with Crippen molar-refractivity contribution in [3.63, 3.8) is 0 Å². The minimum absolute atomic E-state index is 0.117. The molecule has 0 aromatic carbocycles. The standard InChI is InChI=1S/C20H21FN6O3/c1-24-20(29)27-6-4-15(10-17(27)23-24)26-7-8-30-16-9-13(11-22-18(16)26)19(28)25-5-2-3-14(21)12-25/h4,6,9-11,14H,2-3,5,7-8,12H2,1H3/t14-/m0/s1. The summed E-state index contributed by atoms with van der Waals surface area (Å²) in [6.45, 7) is 1.65. The van der Waals surface area contributed by atoms with Crippen LogP contribution in [0.5, 0.6) is 5.75 Å². The van der Waals surface area contributed by atoms with Crippen molar-refractivity contribution in [1.82, 2.24) is 24.1 Å². The minimum atomic E-state index is -0.978. The lowest BCUT2D eigenvalue weighted by Gasteiger charge is -2.31. The zero-order chi connectivity index (χ0) is 20.8. The van der Waals surface area contributed by atoms with Gasteiger partial charge in [-0.3, -0.25) is 9.20 Å². The Morgan fingerprint density at radius 3 is 3.00 bits per heavy atom. The maximum atomic E-state index is 13.7. The molecule has 2 aliphatic rings. The molecular formula is C20H21FN6O3. The number of hydrogen-bond acceptors (Lipinski definition) is 6. The van der Waals surface area contributed by atoms with Gasteiger partial charge in [-0.15, -0.1) is 0 Å². The van der Waals surface area contributed by atoms with Crippen molar-refractivity contribution >= 4 is 23.1 Å². The zero-order valence-corrected chi connectivity index (χ0v) is 16.5. The number of carbonyl (C=O) groups is 1. The fourth-order valence-electron chi connectivity index (χ4n) is 4.00. The van der Waals surface area contributed by atoms with E-state index in [9.17, 15) is 14.0 Å². The van der Waals surface area contributed by atoms with Crippen molar-refractivity contribution in [2.24, 2.45) is 7.05 Å². The van der Waals surface area contributed by atoms with Crippen LogP contribution in [-0.2, 0) is 7.05 Å². The highest BCUT2D eigenvalue weighted by Gasteiger charge is 2.27. The topological polar surface area (TPSA) is 85.0 Å². The summed E-state index contributed by atoms with van der Waals surface area (Å²) < 4.78 is 22.2. The summed E-state index contributed by atoms with van der Waals surface area (Å²) in [4.78, 5) is 32.8. The predicted octanol–water partition coefficient (Wildman–Crippen LogP) is 1.53. The number of hydrogen-bond donors (Lipinski definition) is 0. The van der Waals surface area contributed by atoms with E-state index in [-0.39, 0.29) is 18.1 Å². The Kier molecular flexibility index (Phi) is 4.41. The zero-order valence-electron chi connectivity index (χ0n) is 16.5. The van der Waals surface area contributed by atoms with Crippen molar-refractivity contribution in [2.45, 2.75) is 19.0 Å². The number of pyridine rings is 2. The monoisotopic (exact) mass is 412 g/mol. The molecule has 156 valence electrons. The summed E-state index contributed by atoms with van der Waals surface area (Å²) in [5, 5.41) is 4.23. The van der Waals surface area contributed by atoms with Crippen molar-refractivity contribution < 1.29 is 13.9 Å². The van der Waals surface area contributed by atoms with E-state index in [0.29, 0.717) is 55.3 Å². The van der Waals surface area contributed by atoms with Crippen LogP contribution in [0.3, 0.4) is 0 Å². The lowest BCUT2D eigenvalue weighted by Crippen LogP contribution is -2.40. The maximum Gasteiger partial charge on any atom is 0.350 e. The van der Waals surface area contributed by atoms with Gasteiger partial charge in [-0.1, -0.05) is 0 Å². The summed E-state index contributed by atoms with van der Waals surface area (Å²) in [6.07, 6.45) is 3.37. The number of fused-ring (bicyclic) bond motifs is 2. The Bertz CT molecular complexity index is 1190. The lowest BCUT2D eigenvalue weighted by atomic mass is 10.1. The van der Waals surface area contributed by atoms with Gasteiger partial charge in [0.1, 0.15) is 12.8 Å². The molecule has 1 amide bonds. The summed E-state index contributed by atoms with van der Waals surface area (Å²) in [5.74, 6) is 0.851. The number of rotatable bonds is 2. The van der Waals surface area contributed by atoms with Crippen molar-refractivity contribution in [1.29, 1.82) is 0 Å². The molecule has 1 atom stereocenters. The molecule has 2 aliphatic heterocycles. The number of nitrogens with zero attached hydrogens (tertiary/aromatic N) is 6. The molecule has 5 rings (SSSR count). The van der Waals surface area contributed by atoms with E-state index < -0.39 is 6.17 Å². The molecule has 0 N–H and O–H groups in total. The van der Waals surface area contributed by atoms with Crippen molar-refractivity contribution in [3.8, 4) is 5.75 Å². The van der Waals surface area contributed by atoms with Crippen LogP contribution < -0.4 is 15.3 Å². The first-order chi connectivity index (χ1) is 14.5. The van der Waals surface area contributed by atoms with Crippen LogP contribution >= 0.6 is 0 Å². The second kappa shape index (κ2) is 7.12. The van der Waals surface area contributed by atoms with Gasteiger partial charge in [-0.05, 0) is 25.0 Å². The van der Waals surface area contributed by atoms with Gasteiger partial charge in [-0.2, -0.15) is 5.10 Å². The number of aromatic nitrogens is 4. The fourth-order valence-corrected chi connectivity index (χ4v) is 4.00. The molecule has 1 fully saturated rings. The number of aryl methyl sites for hydroxylation is 1. The second-order valence-corrected chi connectivity index (χ2v) is 7.56. The van der Waals surface area contributed by atoms with Gasteiger partial charge >= 0.3 is 5.69 Å². The smallest absolute Gasteiger partial charge is 0.350 e. The molecule has 0 saturated carbocycles. The van der Waals surface area contributed by atoms with Crippen LogP contribution in [-0.4, -0.2) is 62.4 Å². The average Bonchev–Trinajstić information content (AvgIpc) is 3.05. The van der Waals surface area contributed by atoms with Crippen LogP contribution in [0.15, 0.2) is 35.4 Å². The molecule has 1 saturated heterocycles. The van der Waals surface area contributed by atoms with Gasteiger partial charge < -0.3 is 14.5 Å². The molecule has 0 spiro atoms. The van der Waals surface area contributed by atoms with E-state index in [2.05, 4.69) is 10.1 Å². The number of alkyl halides is 1. The molecule has 10 heteroatoms. The molecule has 30 heavy (non-hydrogen) atoms. The number of anilines is 2. The molecule has 0 radical (unpaired) electrons.